The molecule has 9 aromatic rings. The summed E-state index contributed by atoms with van der Waals surface area (Å²) in [4.78, 5) is 15.1. The van der Waals surface area contributed by atoms with Gasteiger partial charge in [-0.05, 0) is 87.0 Å². The van der Waals surface area contributed by atoms with E-state index in [2.05, 4.69) is 175 Å². The number of fused-ring (bicyclic) bond motifs is 9. The molecule has 1 spiro atoms. The van der Waals surface area contributed by atoms with E-state index in [1.165, 1.54) is 27.8 Å². The number of aromatic nitrogens is 3. The minimum Gasteiger partial charge on any atom is -0.457 e. The predicted molar refractivity (Wildman–Crippen MR) is 224 cm³/mol. The molecule has 56 heavy (non-hydrogen) atoms. The largest absolute Gasteiger partial charge is 0.457 e. The second-order valence-electron chi connectivity index (χ2n) is 14.4. The van der Waals surface area contributed by atoms with Crippen LogP contribution in [0.1, 0.15) is 22.3 Å². The number of ether oxygens (including phenoxy) is 1. The fourth-order valence-corrected chi connectivity index (χ4v) is 8.72. The molecule has 11 rings (SSSR count). The Morgan fingerprint density at radius 3 is 1.57 bits per heavy atom. The van der Waals surface area contributed by atoms with Crippen LogP contribution >= 0.6 is 0 Å². The van der Waals surface area contributed by atoms with Gasteiger partial charge >= 0.3 is 0 Å². The standard InChI is InChI=1S/C52H33N3O/c1-3-13-34(14-4-1)36-17-11-18-38(29-36)48-32-47(35-15-5-2-6-16-35)54-51(55-48)39-25-27-42-41-26-24-37(40-19-12-28-53-33-40)30-45(41)52(46(42)31-39)43-20-7-9-22-49(43)56-50-23-10-8-21-44(50)52/h1-33H. The Labute approximate surface area is 325 Å². The van der Waals surface area contributed by atoms with Gasteiger partial charge in [-0.3, -0.25) is 4.98 Å². The third kappa shape index (κ3) is 5.04. The van der Waals surface area contributed by atoms with Gasteiger partial charge in [0.05, 0.1) is 16.8 Å². The van der Waals surface area contributed by atoms with E-state index >= 15 is 0 Å². The predicted octanol–water partition coefficient (Wildman–Crippen LogP) is 12.7. The molecule has 0 amide bonds. The van der Waals surface area contributed by atoms with E-state index in [-0.39, 0.29) is 0 Å². The van der Waals surface area contributed by atoms with Crippen LogP contribution in [0.25, 0.3) is 67.3 Å². The molecule has 1 aliphatic carbocycles. The van der Waals surface area contributed by atoms with Crippen LogP contribution in [-0.2, 0) is 5.41 Å². The van der Waals surface area contributed by atoms with Gasteiger partial charge in [0.25, 0.3) is 0 Å². The van der Waals surface area contributed by atoms with Crippen molar-refractivity contribution < 1.29 is 4.74 Å². The number of pyridine rings is 1. The van der Waals surface area contributed by atoms with E-state index in [1.54, 1.807) is 0 Å². The Kier molecular flexibility index (Phi) is 7.36. The molecule has 4 heteroatoms. The van der Waals surface area contributed by atoms with Crippen molar-refractivity contribution in [3.63, 3.8) is 0 Å². The normalized spacial score (nSPS) is 12.9. The lowest BCUT2D eigenvalue weighted by Crippen LogP contribution is -2.32. The van der Waals surface area contributed by atoms with Crippen LogP contribution in [0.2, 0.25) is 0 Å². The fraction of sp³-hybridized carbons (Fsp3) is 0.0192. The lowest BCUT2D eigenvalue weighted by Gasteiger charge is -2.39. The van der Waals surface area contributed by atoms with Gasteiger partial charge in [0.1, 0.15) is 11.5 Å². The Bertz CT molecular complexity index is 2900. The molecule has 0 saturated carbocycles. The van der Waals surface area contributed by atoms with Crippen molar-refractivity contribution in [1.82, 2.24) is 15.0 Å². The summed E-state index contributed by atoms with van der Waals surface area (Å²) in [7, 11) is 0. The number of para-hydroxylation sites is 2. The minimum absolute atomic E-state index is 0.659. The smallest absolute Gasteiger partial charge is 0.160 e. The summed E-state index contributed by atoms with van der Waals surface area (Å²) < 4.78 is 6.66. The molecule has 4 nitrogen and oxygen atoms in total. The van der Waals surface area contributed by atoms with E-state index in [9.17, 15) is 0 Å². The minimum atomic E-state index is -0.659. The average molecular weight is 716 g/mol. The number of hydrogen-bond acceptors (Lipinski definition) is 4. The summed E-state index contributed by atoms with van der Waals surface area (Å²) in [6.45, 7) is 0. The topological polar surface area (TPSA) is 47.9 Å². The third-order valence-electron chi connectivity index (χ3n) is 11.3. The maximum Gasteiger partial charge on any atom is 0.160 e. The van der Waals surface area contributed by atoms with Crippen LogP contribution in [0.3, 0.4) is 0 Å². The molecule has 0 N–H and O–H groups in total. The van der Waals surface area contributed by atoms with Gasteiger partial charge in [0.2, 0.25) is 0 Å². The second-order valence-corrected chi connectivity index (χ2v) is 14.4. The summed E-state index contributed by atoms with van der Waals surface area (Å²) in [6, 6.07) is 66.3. The highest BCUT2D eigenvalue weighted by molar-refractivity contribution is 5.91. The van der Waals surface area contributed by atoms with Crippen LogP contribution in [0.15, 0.2) is 200 Å². The lowest BCUT2D eigenvalue weighted by atomic mass is 9.65. The van der Waals surface area contributed by atoms with E-state index in [0.29, 0.717) is 5.82 Å². The monoisotopic (exact) mass is 715 g/mol. The van der Waals surface area contributed by atoms with Crippen molar-refractivity contribution >= 4 is 0 Å². The van der Waals surface area contributed by atoms with Crippen LogP contribution < -0.4 is 4.74 Å². The van der Waals surface area contributed by atoms with E-state index in [4.69, 9.17) is 14.7 Å². The van der Waals surface area contributed by atoms with Crippen LogP contribution in [0, 0.1) is 0 Å². The molecule has 262 valence electrons. The Morgan fingerprint density at radius 1 is 0.357 bits per heavy atom. The van der Waals surface area contributed by atoms with Crippen molar-refractivity contribution in [2.45, 2.75) is 5.41 Å². The molecule has 2 aromatic heterocycles. The quantitative estimate of drug-likeness (QED) is 0.178. The molecule has 0 radical (unpaired) electrons. The first-order valence-electron chi connectivity index (χ1n) is 18.9. The van der Waals surface area contributed by atoms with Crippen LogP contribution in [-0.4, -0.2) is 15.0 Å². The van der Waals surface area contributed by atoms with Gasteiger partial charge in [-0.25, -0.2) is 9.97 Å². The van der Waals surface area contributed by atoms with Gasteiger partial charge in [-0.1, -0.05) is 146 Å². The highest BCUT2D eigenvalue weighted by atomic mass is 16.5. The first-order valence-corrected chi connectivity index (χ1v) is 18.9. The molecule has 0 unspecified atom stereocenters. The van der Waals surface area contributed by atoms with Gasteiger partial charge < -0.3 is 4.74 Å². The first-order chi connectivity index (χ1) is 27.7. The van der Waals surface area contributed by atoms with Crippen molar-refractivity contribution in [2.75, 3.05) is 0 Å². The fourth-order valence-electron chi connectivity index (χ4n) is 8.72. The zero-order chi connectivity index (χ0) is 37.1. The number of rotatable bonds is 5. The number of hydrogen-bond donors (Lipinski definition) is 0. The summed E-state index contributed by atoms with van der Waals surface area (Å²) in [6.07, 6.45) is 3.76. The van der Waals surface area contributed by atoms with E-state index < -0.39 is 5.41 Å². The Balaban J connectivity index is 1.16. The molecule has 0 fully saturated rings. The maximum absolute atomic E-state index is 6.66. The lowest BCUT2D eigenvalue weighted by molar-refractivity contribution is 0.436. The highest BCUT2D eigenvalue weighted by Gasteiger charge is 2.51. The summed E-state index contributed by atoms with van der Waals surface area (Å²) in [5.74, 6) is 2.38. The average Bonchev–Trinajstić information content (AvgIpc) is 3.56. The summed E-state index contributed by atoms with van der Waals surface area (Å²) in [5.41, 5.74) is 15.6. The molecule has 0 saturated heterocycles. The summed E-state index contributed by atoms with van der Waals surface area (Å²) in [5, 5.41) is 0. The molecule has 2 aliphatic rings. The van der Waals surface area contributed by atoms with Gasteiger partial charge in [-0.15, -0.1) is 0 Å². The zero-order valence-electron chi connectivity index (χ0n) is 30.3. The number of nitrogens with zero attached hydrogens (tertiary/aromatic N) is 3. The van der Waals surface area contributed by atoms with E-state index in [0.717, 1.165) is 67.4 Å². The molecular weight excluding hydrogens is 683 g/mol. The Hall–Kier alpha value is -7.43. The molecule has 1 aliphatic heterocycles. The molecule has 0 bridgehead atoms. The van der Waals surface area contributed by atoms with Crippen molar-refractivity contribution in [1.29, 1.82) is 0 Å². The zero-order valence-corrected chi connectivity index (χ0v) is 30.3. The SMILES string of the molecule is c1ccc(-c2cccc(-c3cc(-c4ccccc4)nc(-c4ccc5c(c4)C4(c6ccccc6Oc6ccccc64)c4cc(-c6cccnc6)ccc4-5)n3)c2)cc1. The molecular formula is C52H33N3O. The van der Waals surface area contributed by atoms with Crippen LogP contribution in [0.5, 0.6) is 11.5 Å². The van der Waals surface area contributed by atoms with Crippen molar-refractivity contribution in [3.05, 3.63) is 223 Å². The van der Waals surface area contributed by atoms with Gasteiger partial charge in [0.15, 0.2) is 5.82 Å². The molecule has 3 heterocycles. The maximum atomic E-state index is 6.66. The summed E-state index contributed by atoms with van der Waals surface area (Å²) >= 11 is 0. The molecule has 7 aromatic carbocycles. The molecule has 0 atom stereocenters. The second kappa shape index (κ2) is 12.9. The highest BCUT2D eigenvalue weighted by Crippen LogP contribution is 2.62. The number of benzene rings is 7. The van der Waals surface area contributed by atoms with E-state index in [1.807, 2.05) is 30.6 Å². The van der Waals surface area contributed by atoms with Crippen molar-refractivity contribution in [2.24, 2.45) is 0 Å². The first kappa shape index (κ1) is 32.0. The van der Waals surface area contributed by atoms with Gasteiger partial charge in [0, 0.05) is 40.2 Å². The van der Waals surface area contributed by atoms with Crippen molar-refractivity contribution in [3.8, 4) is 78.8 Å². The van der Waals surface area contributed by atoms with Gasteiger partial charge in [-0.2, -0.15) is 0 Å². The third-order valence-corrected chi connectivity index (χ3v) is 11.3. The van der Waals surface area contributed by atoms with Crippen LogP contribution in [0.4, 0.5) is 0 Å². The Morgan fingerprint density at radius 2 is 0.893 bits per heavy atom.